The summed E-state index contributed by atoms with van der Waals surface area (Å²) in [6, 6.07) is 0. The number of aliphatic hydroxyl groups is 6. The van der Waals surface area contributed by atoms with Crippen molar-refractivity contribution >= 4 is 0 Å². The molecule has 9 heteroatoms. The monoisotopic (exact) mass is 296 g/mol. The van der Waals surface area contributed by atoms with E-state index < -0.39 is 55.6 Å². The van der Waals surface area contributed by atoms with Gasteiger partial charge in [0, 0.05) is 0 Å². The van der Waals surface area contributed by atoms with Crippen molar-refractivity contribution in [3.63, 3.8) is 0 Å². The maximum Gasteiger partial charge on any atom is 0.186 e. The van der Waals surface area contributed by atoms with Crippen LogP contribution in [0.4, 0.5) is 0 Å². The van der Waals surface area contributed by atoms with Crippen LogP contribution in [0, 0.1) is 0 Å². The maximum atomic E-state index is 9.86. The number of ether oxygens (including phenoxy) is 3. The largest absolute Gasteiger partial charge is 0.394 e. The van der Waals surface area contributed by atoms with E-state index in [1.165, 1.54) is 0 Å². The Kier molecular flexibility index (Phi) is 5.29. The van der Waals surface area contributed by atoms with Gasteiger partial charge in [0.2, 0.25) is 0 Å². The molecule has 0 aromatic carbocycles. The molecule has 0 radical (unpaired) electrons. The van der Waals surface area contributed by atoms with Crippen LogP contribution in [0.3, 0.4) is 0 Å². The molecule has 2 aliphatic rings. The number of hydrogen-bond donors (Lipinski definition) is 6. The van der Waals surface area contributed by atoms with Crippen molar-refractivity contribution in [2.24, 2.45) is 0 Å². The number of hydrogen-bond acceptors (Lipinski definition) is 9. The van der Waals surface area contributed by atoms with Gasteiger partial charge in [-0.1, -0.05) is 0 Å². The minimum atomic E-state index is -1.49. The van der Waals surface area contributed by atoms with Gasteiger partial charge in [0.25, 0.3) is 0 Å². The second-order valence-electron chi connectivity index (χ2n) is 4.96. The van der Waals surface area contributed by atoms with Gasteiger partial charge in [0.15, 0.2) is 6.29 Å². The fraction of sp³-hybridized carbons (Fsp3) is 1.00. The Morgan fingerprint density at radius 2 is 1.55 bits per heavy atom. The molecular weight excluding hydrogens is 276 g/mol. The highest BCUT2D eigenvalue weighted by Gasteiger charge is 2.44. The molecule has 0 saturated carbocycles. The third-order valence-corrected chi connectivity index (χ3v) is 3.53. The normalized spacial score (nSPS) is 50.1. The molecule has 2 heterocycles. The Hall–Kier alpha value is -0.360. The molecule has 2 aliphatic heterocycles. The summed E-state index contributed by atoms with van der Waals surface area (Å²) in [5.74, 6) is 0. The first-order valence-corrected chi connectivity index (χ1v) is 6.35. The van der Waals surface area contributed by atoms with Gasteiger partial charge in [-0.15, -0.1) is 0 Å². The van der Waals surface area contributed by atoms with Gasteiger partial charge in [-0.25, -0.2) is 0 Å². The minimum Gasteiger partial charge on any atom is -0.394 e. The third-order valence-electron chi connectivity index (χ3n) is 3.53. The van der Waals surface area contributed by atoms with Gasteiger partial charge >= 0.3 is 0 Å². The fourth-order valence-electron chi connectivity index (χ4n) is 2.21. The van der Waals surface area contributed by atoms with Crippen molar-refractivity contribution in [3.8, 4) is 0 Å². The number of aliphatic hydroxyl groups excluding tert-OH is 6. The van der Waals surface area contributed by atoms with E-state index in [1.54, 1.807) is 0 Å². The second-order valence-corrected chi connectivity index (χ2v) is 4.96. The molecule has 9 nitrogen and oxygen atoms in total. The van der Waals surface area contributed by atoms with Crippen molar-refractivity contribution in [1.82, 2.24) is 0 Å². The van der Waals surface area contributed by atoms with Crippen LogP contribution in [0.25, 0.3) is 0 Å². The Balaban J connectivity index is 1.93. The van der Waals surface area contributed by atoms with Crippen LogP contribution in [0.2, 0.25) is 0 Å². The first-order chi connectivity index (χ1) is 9.45. The van der Waals surface area contributed by atoms with Crippen LogP contribution in [0.5, 0.6) is 0 Å². The average molecular weight is 296 g/mol. The van der Waals surface area contributed by atoms with Crippen molar-refractivity contribution < 1.29 is 44.8 Å². The highest BCUT2D eigenvalue weighted by Crippen LogP contribution is 2.23. The predicted octanol–water partition coefficient (Wildman–Crippen LogP) is -4.08. The lowest BCUT2D eigenvalue weighted by Crippen LogP contribution is -2.59. The summed E-state index contributed by atoms with van der Waals surface area (Å²) >= 11 is 0. The lowest BCUT2D eigenvalue weighted by molar-refractivity contribution is -0.310. The molecule has 8 atom stereocenters. The van der Waals surface area contributed by atoms with E-state index in [4.69, 9.17) is 19.3 Å². The van der Waals surface area contributed by atoms with Crippen LogP contribution >= 0.6 is 0 Å². The zero-order chi connectivity index (χ0) is 14.9. The van der Waals surface area contributed by atoms with E-state index in [0.29, 0.717) is 0 Å². The number of rotatable bonds is 3. The lowest BCUT2D eigenvalue weighted by Gasteiger charge is -2.41. The molecule has 2 saturated heterocycles. The first-order valence-electron chi connectivity index (χ1n) is 6.35. The SMILES string of the molecule is OC[C@H]1OC[C@H](O[C@@H]2OC[C@@H](O)[C@H](O)[C@H]2O)[C@@H](O)[C@@H]1O. The van der Waals surface area contributed by atoms with E-state index >= 15 is 0 Å². The molecule has 2 fully saturated rings. The Morgan fingerprint density at radius 3 is 2.20 bits per heavy atom. The van der Waals surface area contributed by atoms with Gasteiger partial charge in [0.1, 0.15) is 42.7 Å². The maximum absolute atomic E-state index is 9.86. The molecule has 20 heavy (non-hydrogen) atoms. The van der Waals surface area contributed by atoms with Crippen LogP contribution in [-0.2, 0) is 14.2 Å². The fourth-order valence-corrected chi connectivity index (χ4v) is 2.21. The highest BCUT2D eigenvalue weighted by molar-refractivity contribution is 4.89. The molecule has 0 amide bonds. The molecule has 118 valence electrons. The summed E-state index contributed by atoms with van der Waals surface area (Å²) in [5, 5.41) is 57.0. The van der Waals surface area contributed by atoms with Gasteiger partial charge in [0.05, 0.1) is 19.8 Å². The van der Waals surface area contributed by atoms with Crippen molar-refractivity contribution in [1.29, 1.82) is 0 Å². The van der Waals surface area contributed by atoms with Gasteiger partial charge in [-0.3, -0.25) is 0 Å². The molecule has 0 aliphatic carbocycles. The van der Waals surface area contributed by atoms with Crippen LogP contribution in [0.1, 0.15) is 0 Å². The topological polar surface area (TPSA) is 149 Å². The van der Waals surface area contributed by atoms with Crippen molar-refractivity contribution in [2.45, 2.75) is 49.0 Å². The second kappa shape index (κ2) is 6.60. The van der Waals surface area contributed by atoms with E-state index in [1.807, 2.05) is 0 Å². The zero-order valence-corrected chi connectivity index (χ0v) is 10.6. The quantitative estimate of drug-likeness (QED) is 0.306. The third kappa shape index (κ3) is 3.11. The summed E-state index contributed by atoms with van der Waals surface area (Å²) in [6.07, 6.45) is -9.96. The summed E-state index contributed by atoms with van der Waals surface area (Å²) in [4.78, 5) is 0. The Bertz CT molecular complexity index is 314. The molecular formula is C11H20O9. The standard InChI is InChI=1S/C11H20O9/c12-1-5-8(15)9(16)6(3-18-5)20-11-10(17)7(14)4(13)2-19-11/h4-17H,1-3H2/t4-,5-,6+,7+,8-,9-,10-,11+/m1/s1. The van der Waals surface area contributed by atoms with Crippen LogP contribution < -0.4 is 0 Å². The Morgan fingerprint density at radius 1 is 0.850 bits per heavy atom. The lowest BCUT2D eigenvalue weighted by atomic mass is 10.00. The Labute approximate surface area is 114 Å². The van der Waals surface area contributed by atoms with E-state index in [9.17, 15) is 25.5 Å². The molecule has 6 N–H and O–H groups in total. The summed E-state index contributed by atoms with van der Waals surface area (Å²) in [7, 11) is 0. The van der Waals surface area contributed by atoms with Crippen LogP contribution in [0.15, 0.2) is 0 Å². The minimum absolute atomic E-state index is 0.116. The molecule has 0 unspecified atom stereocenters. The molecule has 0 spiro atoms. The zero-order valence-electron chi connectivity index (χ0n) is 10.6. The molecule has 0 aromatic rings. The molecule has 2 rings (SSSR count). The van der Waals surface area contributed by atoms with E-state index in [-0.39, 0.29) is 13.2 Å². The summed E-state index contributed by atoms with van der Waals surface area (Å²) in [5.41, 5.74) is 0. The van der Waals surface area contributed by atoms with Crippen molar-refractivity contribution in [2.75, 3.05) is 19.8 Å². The van der Waals surface area contributed by atoms with E-state index in [2.05, 4.69) is 0 Å². The highest BCUT2D eigenvalue weighted by atomic mass is 16.7. The molecule has 0 bridgehead atoms. The average Bonchev–Trinajstić information content (AvgIpc) is 2.44. The summed E-state index contributed by atoms with van der Waals surface area (Å²) in [6.45, 7) is -0.790. The smallest absolute Gasteiger partial charge is 0.186 e. The first kappa shape index (κ1) is 16.0. The van der Waals surface area contributed by atoms with Crippen LogP contribution in [-0.4, -0.2) is 99.5 Å². The van der Waals surface area contributed by atoms with E-state index in [0.717, 1.165) is 0 Å². The van der Waals surface area contributed by atoms with Crippen molar-refractivity contribution in [3.05, 3.63) is 0 Å². The van der Waals surface area contributed by atoms with Gasteiger partial charge < -0.3 is 44.8 Å². The summed E-state index contributed by atoms with van der Waals surface area (Å²) < 4.78 is 15.4. The van der Waals surface area contributed by atoms with Gasteiger partial charge in [-0.2, -0.15) is 0 Å². The predicted molar refractivity (Wildman–Crippen MR) is 61.5 cm³/mol. The van der Waals surface area contributed by atoms with Gasteiger partial charge in [-0.05, 0) is 0 Å². The molecule has 0 aromatic heterocycles.